The van der Waals surface area contributed by atoms with Gasteiger partial charge in [-0.2, -0.15) is 0 Å². The van der Waals surface area contributed by atoms with Gasteiger partial charge in [-0.1, -0.05) is 129 Å². The molecule has 4 nitrogen and oxygen atoms in total. The molecule has 0 radical (unpaired) electrons. The summed E-state index contributed by atoms with van der Waals surface area (Å²) >= 11 is 0. The number of carbonyl (C=O) groups is 2. The van der Waals surface area contributed by atoms with Gasteiger partial charge in [-0.25, -0.2) is 9.59 Å². The van der Waals surface area contributed by atoms with Gasteiger partial charge in [0, 0.05) is 0 Å². The molecule has 0 aliphatic rings. The van der Waals surface area contributed by atoms with Gasteiger partial charge >= 0.3 is 71.1 Å². The molecule has 6 heteroatoms. The Hall–Kier alpha value is 0.940. The predicted molar refractivity (Wildman–Crippen MR) is 128 cm³/mol. The fourth-order valence-corrected chi connectivity index (χ4v) is 3.63. The van der Waals surface area contributed by atoms with Crippen LogP contribution in [0.2, 0.25) is 0 Å². The number of ether oxygens (including phenoxy) is 2. The zero-order chi connectivity index (χ0) is 22.1. The van der Waals surface area contributed by atoms with Crippen LogP contribution in [0.5, 0.6) is 0 Å². The monoisotopic (exact) mass is 474 g/mol. The molecule has 0 amide bonds. The second-order valence-corrected chi connectivity index (χ2v) is 8.64. The van der Waals surface area contributed by atoms with E-state index in [2.05, 4.69) is 13.8 Å². The molecule has 0 bridgehead atoms. The van der Waals surface area contributed by atoms with Gasteiger partial charge in [0.25, 0.3) is 0 Å². The zero-order valence-corrected chi connectivity index (χ0v) is 26.2. The first-order valence-corrected chi connectivity index (χ1v) is 13.1. The van der Waals surface area contributed by atoms with Crippen LogP contribution in [0, 0.1) is 0 Å². The molecular weight excluding hydrogens is 422 g/mol. The second kappa shape index (κ2) is 31.9. The van der Waals surface area contributed by atoms with Crippen molar-refractivity contribution in [2.45, 2.75) is 142 Å². The number of hydrogen-bond acceptors (Lipinski definition) is 4. The molecule has 0 spiro atoms. The second-order valence-electron chi connectivity index (χ2n) is 8.64. The first-order valence-electron chi connectivity index (χ1n) is 13.1. The topological polar surface area (TPSA) is 52.6 Å². The van der Waals surface area contributed by atoms with E-state index in [1.54, 1.807) is 0 Å². The number of carbonyl (C=O) groups excluding carboxylic acids is 2. The van der Waals surface area contributed by atoms with E-state index in [-0.39, 0.29) is 62.0 Å². The minimum Gasteiger partial charge on any atom is -1.00 e. The maximum atomic E-state index is 11.6. The molecule has 0 aromatic heterocycles. The Morgan fingerprint density at radius 2 is 0.656 bits per heavy atom. The molecule has 0 aliphatic carbocycles. The maximum Gasteiger partial charge on any atom is 1.00 e. The summed E-state index contributed by atoms with van der Waals surface area (Å²) in [7, 11) is 0. The number of rotatable bonds is 22. The SMILES string of the molecule is CCCCCCCCCCCCOC(=O)C(=O)OCCCCCCCCCCCC.[H-].[H-].[Na+].[Na+]. The van der Waals surface area contributed by atoms with Crippen LogP contribution in [0.15, 0.2) is 0 Å². The molecule has 0 saturated heterocycles. The molecule has 0 aromatic rings. The average Bonchev–Trinajstić information content (AvgIpc) is 2.75. The van der Waals surface area contributed by atoms with E-state index in [0.29, 0.717) is 13.2 Å². The molecule has 182 valence electrons. The summed E-state index contributed by atoms with van der Waals surface area (Å²) in [6.45, 7) is 5.13. The largest absolute Gasteiger partial charge is 1.00 e. The smallest absolute Gasteiger partial charge is 1.00 e. The van der Waals surface area contributed by atoms with Gasteiger partial charge in [0.2, 0.25) is 0 Å². The van der Waals surface area contributed by atoms with Crippen LogP contribution in [0.1, 0.15) is 145 Å². The van der Waals surface area contributed by atoms with E-state index in [1.807, 2.05) is 0 Å². The fourth-order valence-electron chi connectivity index (χ4n) is 3.63. The van der Waals surface area contributed by atoms with Crippen molar-refractivity contribution in [2.24, 2.45) is 0 Å². The van der Waals surface area contributed by atoms with Crippen molar-refractivity contribution in [1.29, 1.82) is 0 Å². The van der Waals surface area contributed by atoms with Crippen LogP contribution >= 0.6 is 0 Å². The summed E-state index contributed by atoms with van der Waals surface area (Å²) in [5, 5.41) is 0. The maximum absolute atomic E-state index is 11.6. The van der Waals surface area contributed by atoms with Gasteiger partial charge in [-0.3, -0.25) is 0 Å². The molecule has 0 fully saturated rings. The molecule has 0 N–H and O–H groups in total. The van der Waals surface area contributed by atoms with Crippen molar-refractivity contribution in [3.8, 4) is 0 Å². The first-order chi connectivity index (χ1) is 14.7. The van der Waals surface area contributed by atoms with Gasteiger partial charge in [0.1, 0.15) is 0 Å². The zero-order valence-electron chi connectivity index (χ0n) is 24.2. The Labute approximate surface area is 246 Å². The van der Waals surface area contributed by atoms with Crippen molar-refractivity contribution in [3.05, 3.63) is 0 Å². The third kappa shape index (κ3) is 29.0. The van der Waals surface area contributed by atoms with Crippen LogP contribution < -0.4 is 59.1 Å². The van der Waals surface area contributed by atoms with Gasteiger partial charge in [0.05, 0.1) is 13.2 Å². The van der Waals surface area contributed by atoms with Crippen molar-refractivity contribution in [1.82, 2.24) is 0 Å². The van der Waals surface area contributed by atoms with Crippen LogP contribution in [0.25, 0.3) is 0 Å². The van der Waals surface area contributed by atoms with Crippen LogP contribution in [0.4, 0.5) is 0 Å². The minimum absolute atomic E-state index is 0. The van der Waals surface area contributed by atoms with E-state index >= 15 is 0 Å². The summed E-state index contributed by atoms with van der Waals surface area (Å²) in [6, 6.07) is 0. The summed E-state index contributed by atoms with van der Waals surface area (Å²) < 4.78 is 10.0. The van der Waals surface area contributed by atoms with E-state index < -0.39 is 11.9 Å². The standard InChI is InChI=1S/C26H50O4.2Na.2H/c1-3-5-7-9-11-13-15-17-19-21-23-29-25(27)26(28)30-24-22-20-18-16-14-12-10-8-6-4-2;;;;/h3-24H2,1-2H3;;;;/q;2*+1;2*-1. The minimum atomic E-state index is -0.835. The molecule has 0 heterocycles. The molecule has 0 aliphatic heterocycles. The Morgan fingerprint density at radius 1 is 0.438 bits per heavy atom. The molecule has 0 atom stereocenters. The molecule has 32 heavy (non-hydrogen) atoms. The van der Waals surface area contributed by atoms with Gasteiger partial charge < -0.3 is 12.3 Å². The van der Waals surface area contributed by atoms with Crippen molar-refractivity contribution in [2.75, 3.05) is 13.2 Å². The summed E-state index contributed by atoms with van der Waals surface area (Å²) in [5.74, 6) is -1.67. The van der Waals surface area contributed by atoms with Crippen molar-refractivity contribution < 1.29 is 81.0 Å². The average molecular weight is 475 g/mol. The Kier molecular flexibility index (Phi) is 37.4. The molecule has 0 saturated carbocycles. The van der Waals surface area contributed by atoms with Crippen molar-refractivity contribution >= 4 is 11.9 Å². The number of esters is 2. The van der Waals surface area contributed by atoms with Crippen LogP contribution in [-0.4, -0.2) is 25.2 Å². The molecule has 0 unspecified atom stereocenters. The van der Waals surface area contributed by atoms with Crippen LogP contribution in [-0.2, 0) is 19.1 Å². The fraction of sp³-hybridized carbons (Fsp3) is 0.923. The van der Waals surface area contributed by atoms with E-state index in [0.717, 1.165) is 25.7 Å². The summed E-state index contributed by atoms with van der Waals surface area (Å²) in [4.78, 5) is 23.2. The van der Waals surface area contributed by atoms with E-state index in [1.165, 1.54) is 103 Å². The molecule has 0 aromatic carbocycles. The van der Waals surface area contributed by atoms with Gasteiger partial charge in [0.15, 0.2) is 0 Å². The summed E-state index contributed by atoms with van der Waals surface area (Å²) in [6.07, 6.45) is 24.6. The first kappa shape index (κ1) is 37.5. The third-order valence-corrected chi connectivity index (χ3v) is 5.63. The number of hydrogen-bond donors (Lipinski definition) is 0. The van der Waals surface area contributed by atoms with E-state index in [9.17, 15) is 9.59 Å². The van der Waals surface area contributed by atoms with Crippen LogP contribution in [0.3, 0.4) is 0 Å². The normalized spacial score (nSPS) is 10.2. The van der Waals surface area contributed by atoms with Gasteiger partial charge in [-0.15, -0.1) is 0 Å². The quantitative estimate of drug-likeness (QED) is 0.104. The predicted octanol–water partition coefficient (Wildman–Crippen LogP) is 2.15. The van der Waals surface area contributed by atoms with Crippen molar-refractivity contribution in [3.63, 3.8) is 0 Å². The Balaban J connectivity index is -0.000000701. The summed E-state index contributed by atoms with van der Waals surface area (Å²) in [5.41, 5.74) is 0. The Bertz CT molecular complexity index is 367. The molecule has 0 rings (SSSR count). The third-order valence-electron chi connectivity index (χ3n) is 5.63. The van der Waals surface area contributed by atoms with E-state index in [4.69, 9.17) is 9.47 Å². The molecular formula is C26H52Na2O4. The van der Waals surface area contributed by atoms with Gasteiger partial charge in [-0.05, 0) is 12.8 Å². The Morgan fingerprint density at radius 3 is 0.906 bits per heavy atom. The number of unbranched alkanes of at least 4 members (excludes halogenated alkanes) is 18.